The molecule has 162 valence electrons. The fourth-order valence-electron chi connectivity index (χ4n) is 2.52. The second-order valence-electron chi connectivity index (χ2n) is 6.42. The van der Waals surface area contributed by atoms with Crippen LogP contribution in [0.1, 0.15) is 26.3 Å². The Kier molecular flexibility index (Phi) is 7.82. The van der Waals surface area contributed by atoms with Crippen molar-refractivity contribution in [3.63, 3.8) is 0 Å². The number of esters is 1. The van der Waals surface area contributed by atoms with Crippen molar-refractivity contribution >= 4 is 39.9 Å². The Morgan fingerprint density at radius 2 is 1.69 bits per heavy atom. The Bertz CT molecular complexity index is 1150. The maximum atomic E-state index is 12.9. The summed E-state index contributed by atoms with van der Waals surface area (Å²) in [5, 5.41) is 6.26. The normalized spacial score (nSPS) is 10.6. The summed E-state index contributed by atoms with van der Waals surface area (Å²) < 4.78 is 19.1. The van der Waals surface area contributed by atoms with E-state index in [2.05, 4.69) is 31.8 Å². The first kappa shape index (κ1) is 22.8. The number of nitrogens with one attached hydrogen (secondary N) is 2. The molecular formula is C23H17BrFN3O4. The van der Waals surface area contributed by atoms with Gasteiger partial charge < -0.3 is 10.1 Å². The number of carbonyl (C=O) groups is 3. The third-order valence-electron chi connectivity index (χ3n) is 4.09. The van der Waals surface area contributed by atoms with E-state index in [9.17, 15) is 18.8 Å². The molecule has 0 saturated heterocycles. The molecule has 0 aromatic heterocycles. The van der Waals surface area contributed by atoms with Crippen molar-refractivity contribution in [2.75, 3.05) is 6.54 Å². The van der Waals surface area contributed by atoms with Gasteiger partial charge in [-0.2, -0.15) is 5.10 Å². The highest BCUT2D eigenvalue weighted by Gasteiger charge is 2.12. The Hall–Kier alpha value is -3.85. The molecule has 32 heavy (non-hydrogen) atoms. The highest BCUT2D eigenvalue weighted by molar-refractivity contribution is 9.10. The fourth-order valence-corrected chi connectivity index (χ4v) is 2.90. The SMILES string of the molecule is O=C(CNC(=O)c1ccc(F)cc1)NN=Cc1cc(Br)ccc1OC(=O)c1ccccc1. The lowest BCUT2D eigenvalue weighted by Gasteiger charge is -2.08. The molecule has 0 radical (unpaired) electrons. The first-order valence-electron chi connectivity index (χ1n) is 9.35. The molecule has 7 nitrogen and oxygen atoms in total. The Morgan fingerprint density at radius 1 is 0.969 bits per heavy atom. The fraction of sp³-hybridized carbons (Fsp3) is 0.0435. The van der Waals surface area contributed by atoms with Crippen molar-refractivity contribution in [1.82, 2.24) is 10.7 Å². The van der Waals surface area contributed by atoms with E-state index in [0.717, 1.165) is 16.6 Å². The van der Waals surface area contributed by atoms with Gasteiger partial charge in [0.05, 0.1) is 18.3 Å². The maximum Gasteiger partial charge on any atom is 0.343 e. The van der Waals surface area contributed by atoms with Gasteiger partial charge in [0.2, 0.25) is 0 Å². The van der Waals surface area contributed by atoms with E-state index in [0.29, 0.717) is 11.1 Å². The number of halogens is 2. The van der Waals surface area contributed by atoms with E-state index in [4.69, 9.17) is 4.74 Å². The zero-order valence-corrected chi connectivity index (χ0v) is 18.1. The number of hydrazone groups is 1. The molecule has 0 heterocycles. The first-order chi connectivity index (χ1) is 15.4. The smallest absolute Gasteiger partial charge is 0.343 e. The molecule has 3 aromatic carbocycles. The van der Waals surface area contributed by atoms with Crippen molar-refractivity contribution in [2.45, 2.75) is 0 Å². The average molecular weight is 498 g/mol. The van der Waals surface area contributed by atoms with Gasteiger partial charge in [-0.1, -0.05) is 34.1 Å². The predicted molar refractivity (Wildman–Crippen MR) is 120 cm³/mol. The molecule has 3 rings (SSSR count). The van der Waals surface area contributed by atoms with E-state index < -0.39 is 23.6 Å². The van der Waals surface area contributed by atoms with Crippen molar-refractivity contribution in [2.24, 2.45) is 5.10 Å². The van der Waals surface area contributed by atoms with Crippen LogP contribution in [-0.4, -0.2) is 30.5 Å². The molecular weight excluding hydrogens is 481 g/mol. The number of carbonyl (C=O) groups excluding carboxylic acids is 3. The minimum absolute atomic E-state index is 0.224. The lowest BCUT2D eigenvalue weighted by Crippen LogP contribution is -2.34. The lowest BCUT2D eigenvalue weighted by atomic mass is 10.2. The van der Waals surface area contributed by atoms with Crippen LogP contribution >= 0.6 is 15.9 Å². The highest BCUT2D eigenvalue weighted by Crippen LogP contribution is 2.22. The summed E-state index contributed by atoms with van der Waals surface area (Å²) in [5.74, 6) is -1.84. The molecule has 2 N–H and O–H groups in total. The summed E-state index contributed by atoms with van der Waals surface area (Å²) >= 11 is 3.34. The monoisotopic (exact) mass is 497 g/mol. The van der Waals surface area contributed by atoms with Gasteiger partial charge >= 0.3 is 5.97 Å². The van der Waals surface area contributed by atoms with Crippen LogP contribution in [0.5, 0.6) is 5.75 Å². The molecule has 3 aromatic rings. The van der Waals surface area contributed by atoms with E-state index >= 15 is 0 Å². The molecule has 0 aliphatic rings. The number of hydrogen-bond donors (Lipinski definition) is 2. The standard InChI is InChI=1S/C23H17BrFN3O4/c24-18-8-11-20(32-23(31)16-4-2-1-3-5-16)17(12-18)13-27-28-21(29)14-26-22(30)15-6-9-19(25)10-7-15/h1-13H,14H2,(H,26,30)(H,28,29). The predicted octanol–water partition coefficient (Wildman–Crippen LogP) is 3.69. The van der Waals surface area contributed by atoms with Crippen molar-refractivity contribution in [1.29, 1.82) is 0 Å². The maximum absolute atomic E-state index is 12.9. The van der Waals surface area contributed by atoms with E-state index in [-0.39, 0.29) is 17.9 Å². The summed E-state index contributed by atoms with van der Waals surface area (Å²) in [6.45, 7) is -0.331. The number of rotatable bonds is 7. The molecule has 0 fully saturated rings. The van der Waals surface area contributed by atoms with Crippen molar-refractivity contribution in [3.05, 3.63) is 99.8 Å². The Labute approximate surface area is 191 Å². The van der Waals surface area contributed by atoms with Crippen molar-refractivity contribution < 1.29 is 23.5 Å². The van der Waals surface area contributed by atoms with Crippen molar-refractivity contribution in [3.8, 4) is 5.75 Å². The highest BCUT2D eigenvalue weighted by atomic mass is 79.9. The third kappa shape index (κ3) is 6.58. The zero-order valence-electron chi connectivity index (χ0n) is 16.5. The number of hydrogen-bond acceptors (Lipinski definition) is 5. The second kappa shape index (κ2) is 11.0. The number of nitrogens with zero attached hydrogens (tertiary/aromatic N) is 1. The number of ether oxygens (including phenoxy) is 1. The van der Waals surface area contributed by atoms with E-state index in [1.807, 2.05) is 0 Å². The summed E-state index contributed by atoms with van der Waals surface area (Å²) in [5.41, 5.74) is 3.34. The molecule has 0 bridgehead atoms. The van der Waals surface area contributed by atoms with Crippen LogP contribution in [0.25, 0.3) is 0 Å². The van der Waals surface area contributed by atoms with E-state index in [1.165, 1.54) is 18.3 Å². The Morgan fingerprint density at radius 3 is 2.41 bits per heavy atom. The van der Waals surface area contributed by atoms with Crippen LogP contribution in [0, 0.1) is 5.82 Å². The van der Waals surface area contributed by atoms with Gasteiger partial charge in [-0.15, -0.1) is 0 Å². The van der Waals surface area contributed by atoms with Gasteiger partial charge in [-0.25, -0.2) is 14.6 Å². The Balaban J connectivity index is 1.57. The molecule has 0 aliphatic heterocycles. The summed E-state index contributed by atoms with van der Waals surface area (Å²) in [7, 11) is 0. The van der Waals surface area contributed by atoms with Crippen LogP contribution in [-0.2, 0) is 4.79 Å². The van der Waals surface area contributed by atoms with Gasteiger partial charge in [0.1, 0.15) is 11.6 Å². The first-order valence-corrected chi connectivity index (χ1v) is 10.1. The van der Waals surface area contributed by atoms with Crippen LogP contribution in [0.15, 0.2) is 82.4 Å². The second-order valence-corrected chi connectivity index (χ2v) is 7.34. The van der Waals surface area contributed by atoms with Gasteiger partial charge in [0.15, 0.2) is 0 Å². The average Bonchev–Trinajstić information content (AvgIpc) is 2.80. The quantitative estimate of drug-likeness (QED) is 0.225. The molecule has 0 aliphatic carbocycles. The van der Waals surface area contributed by atoms with Crippen LogP contribution in [0.3, 0.4) is 0 Å². The van der Waals surface area contributed by atoms with Crippen LogP contribution < -0.4 is 15.5 Å². The third-order valence-corrected chi connectivity index (χ3v) is 4.59. The number of benzene rings is 3. The minimum Gasteiger partial charge on any atom is -0.422 e. The summed E-state index contributed by atoms with van der Waals surface area (Å²) in [4.78, 5) is 36.2. The number of amides is 2. The minimum atomic E-state index is -0.575. The molecule has 2 amide bonds. The van der Waals surface area contributed by atoms with Gasteiger partial charge in [0.25, 0.3) is 11.8 Å². The molecule has 0 spiro atoms. The van der Waals surface area contributed by atoms with E-state index in [1.54, 1.807) is 48.5 Å². The molecule has 9 heteroatoms. The van der Waals surface area contributed by atoms with Gasteiger partial charge in [-0.05, 0) is 54.6 Å². The molecule has 0 unspecified atom stereocenters. The zero-order chi connectivity index (χ0) is 22.9. The topological polar surface area (TPSA) is 96.9 Å². The lowest BCUT2D eigenvalue weighted by molar-refractivity contribution is -0.120. The molecule has 0 saturated carbocycles. The van der Waals surface area contributed by atoms with Gasteiger partial charge in [-0.3, -0.25) is 9.59 Å². The van der Waals surface area contributed by atoms with Gasteiger partial charge in [0, 0.05) is 15.6 Å². The summed E-state index contributed by atoms with van der Waals surface area (Å²) in [6.07, 6.45) is 1.32. The van der Waals surface area contributed by atoms with Crippen LogP contribution in [0.2, 0.25) is 0 Å². The largest absolute Gasteiger partial charge is 0.422 e. The summed E-state index contributed by atoms with van der Waals surface area (Å²) in [6, 6.07) is 18.4. The van der Waals surface area contributed by atoms with Crippen LogP contribution in [0.4, 0.5) is 4.39 Å². The molecule has 0 atom stereocenters.